The lowest BCUT2D eigenvalue weighted by atomic mass is 9.74. The van der Waals surface area contributed by atoms with Crippen LogP contribution in [0, 0.1) is 0 Å². The SMILES string of the molecule is O=C1CCCC2=C1[C@H](c1ccc(Br)cc1)c1c(ccc3ccccc13)N2. The lowest BCUT2D eigenvalue weighted by molar-refractivity contribution is -0.116. The average Bonchev–Trinajstić information content (AvgIpc) is 2.67. The lowest BCUT2D eigenvalue weighted by Crippen LogP contribution is -2.27. The summed E-state index contributed by atoms with van der Waals surface area (Å²) in [6.45, 7) is 0. The number of Topliss-reactive ketones (excluding diaryl/α,β-unsaturated/α-hetero) is 1. The monoisotopic (exact) mass is 403 g/mol. The van der Waals surface area contributed by atoms with Crippen molar-refractivity contribution in [2.45, 2.75) is 25.2 Å². The second-order valence-electron chi connectivity index (χ2n) is 7.03. The number of anilines is 1. The van der Waals surface area contributed by atoms with Crippen LogP contribution in [0.25, 0.3) is 10.8 Å². The second kappa shape index (κ2) is 6.10. The molecule has 0 radical (unpaired) electrons. The molecule has 0 bridgehead atoms. The van der Waals surface area contributed by atoms with E-state index in [4.69, 9.17) is 0 Å². The third-order valence-corrected chi connectivity index (χ3v) is 6.02. The molecular formula is C23H18BrNO. The van der Waals surface area contributed by atoms with Gasteiger partial charge in [-0.2, -0.15) is 0 Å². The van der Waals surface area contributed by atoms with Gasteiger partial charge in [-0.05, 0) is 52.9 Å². The molecule has 2 aliphatic rings. The van der Waals surface area contributed by atoms with E-state index in [2.05, 4.69) is 81.9 Å². The maximum Gasteiger partial charge on any atom is 0.161 e. The number of rotatable bonds is 1. The van der Waals surface area contributed by atoms with Crippen molar-refractivity contribution in [3.63, 3.8) is 0 Å². The van der Waals surface area contributed by atoms with Gasteiger partial charge in [0, 0.05) is 33.8 Å². The van der Waals surface area contributed by atoms with E-state index < -0.39 is 0 Å². The van der Waals surface area contributed by atoms with E-state index in [1.165, 1.54) is 21.9 Å². The molecule has 0 saturated carbocycles. The van der Waals surface area contributed by atoms with Gasteiger partial charge in [-0.15, -0.1) is 0 Å². The smallest absolute Gasteiger partial charge is 0.161 e. The molecule has 5 rings (SSSR count). The van der Waals surface area contributed by atoms with E-state index in [-0.39, 0.29) is 11.7 Å². The summed E-state index contributed by atoms with van der Waals surface area (Å²) in [4.78, 5) is 12.9. The van der Waals surface area contributed by atoms with E-state index in [1.807, 2.05) is 0 Å². The zero-order valence-corrected chi connectivity index (χ0v) is 15.8. The fourth-order valence-corrected chi connectivity index (χ4v) is 4.60. The van der Waals surface area contributed by atoms with Crippen LogP contribution in [-0.2, 0) is 4.79 Å². The van der Waals surface area contributed by atoms with E-state index >= 15 is 0 Å². The molecule has 0 amide bonds. The van der Waals surface area contributed by atoms with Crippen LogP contribution in [0.5, 0.6) is 0 Å². The molecule has 1 atom stereocenters. The minimum atomic E-state index is -0.00625. The van der Waals surface area contributed by atoms with Crippen LogP contribution in [0.15, 0.2) is 76.4 Å². The molecule has 26 heavy (non-hydrogen) atoms. The van der Waals surface area contributed by atoms with Crippen LogP contribution in [0.2, 0.25) is 0 Å². The Labute approximate surface area is 161 Å². The Morgan fingerprint density at radius 2 is 1.73 bits per heavy atom. The van der Waals surface area contributed by atoms with E-state index in [9.17, 15) is 4.79 Å². The molecule has 0 aromatic heterocycles. The molecular weight excluding hydrogens is 386 g/mol. The van der Waals surface area contributed by atoms with Crippen LogP contribution in [0.3, 0.4) is 0 Å². The van der Waals surface area contributed by atoms with Crippen molar-refractivity contribution in [1.82, 2.24) is 0 Å². The first kappa shape index (κ1) is 15.8. The fourth-order valence-electron chi connectivity index (χ4n) is 4.34. The zero-order chi connectivity index (χ0) is 17.7. The van der Waals surface area contributed by atoms with Crippen molar-refractivity contribution in [2.24, 2.45) is 0 Å². The maximum atomic E-state index is 12.9. The van der Waals surface area contributed by atoms with Crippen molar-refractivity contribution in [3.8, 4) is 0 Å². The Morgan fingerprint density at radius 1 is 0.923 bits per heavy atom. The number of benzene rings is 3. The van der Waals surface area contributed by atoms with E-state index in [0.29, 0.717) is 6.42 Å². The Bertz CT molecular complexity index is 1070. The first-order valence-electron chi connectivity index (χ1n) is 9.03. The molecule has 1 heterocycles. The number of nitrogens with one attached hydrogen (secondary N) is 1. The lowest BCUT2D eigenvalue weighted by Gasteiger charge is -2.35. The summed E-state index contributed by atoms with van der Waals surface area (Å²) in [5.74, 6) is 0.276. The highest BCUT2D eigenvalue weighted by Gasteiger charge is 2.35. The van der Waals surface area contributed by atoms with Gasteiger partial charge in [0.05, 0.1) is 0 Å². The number of carbonyl (C=O) groups is 1. The molecule has 0 unspecified atom stereocenters. The Morgan fingerprint density at radius 3 is 2.58 bits per heavy atom. The quantitative estimate of drug-likeness (QED) is 0.526. The number of halogens is 1. The predicted molar refractivity (Wildman–Crippen MR) is 109 cm³/mol. The molecule has 2 nitrogen and oxygen atoms in total. The van der Waals surface area contributed by atoms with Crippen molar-refractivity contribution >= 4 is 38.2 Å². The molecule has 0 spiro atoms. The van der Waals surface area contributed by atoms with Gasteiger partial charge in [0.2, 0.25) is 0 Å². The summed E-state index contributed by atoms with van der Waals surface area (Å²) in [7, 11) is 0. The summed E-state index contributed by atoms with van der Waals surface area (Å²) < 4.78 is 1.05. The van der Waals surface area contributed by atoms with Crippen LogP contribution in [0.4, 0.5) is 5.69 Å². The van der Waals surface area contributed by atoms with Gasteiger partial charge in [-0.1, -0.05) is 58.4 Å². The number of fused-ring (bicyclic) bond motifs is 3. The first-order valence-corrected chi connectivity index (χ1v) is 9.82. The van der Waals surface area contributed by atoms with Crippen LogP contribution in [-0.4, -0.2) is 5.78 Å². The Kier molecular flexibility index (Phi) is 3.71. The zero-order valence-electron chi connectivity index (χ0n) is 14.3. The van der Waals surface area contributed by atoms with Crippen LogP contribution >= 0.6 is 15.9 Å². The third-order valence-electron chi connectivity index (χ3n) is 5.49. The average molecular weight is 404 g/mol. The van der Waals surface area contributed by atoms with Gasteiger partial charge in [0.25, 0.3) is 0 Å². The number of hydrogen-bond donors (Lipinski definition) is 1. The molecule has 128 valence electrons. The van der Waals surface area contributed by atoms with Gasteiger partial charge < -0.3 is 5.32 Å². The minimum absolute atomic E-state index is 0.00625. The summed E-state index contributed by atoms with van der Waals surface area (Å²) in [5.41, 5.74) is 5.60. The van der Waals surface area contributed by atoms with Gasteiger partial charge in [-0.25, -0.2) is 0 Å². The highest BCUT2D eigenvalue weighted by Crippen LogP contribution is 2.47. The summed E-state index contributed by atoms with van der Waals surface area (Å²) in [6.07, 6.45) is 2.52. The number of allylic oxidation sites excluding steroid dienone is 2. The van der Waals surface area contributed by atoms with Gasteiger partial charge >= 0.3 is 0 Å². The van der Waals surface area contributed by atoms with Crippen LogP contribution < -0.4 is 5.32 Å². The van der Waals surface area contributed by atoms with E-state index in [1.54, 1.807) is 0 Å². The van der Waals surface area contributed by atoms with Gasteiger partial charge in [-0.3, -0.25) is 4.79 Å². The second-order valence-corrected chi connectivity index (χ2v) is 7.94. The first-order chi connectivity index (χ1) is 12.7. The number of hydrogen-bond acceptors (Lipinski definition) is 2. The molecule has 0 fully saturated rings. The van der Waals surface area contributed by atoms with Crippen LogP contribution in [0.1, 0.15) is 36.3 Å². The normalized spacial score (nSPS) is 19.1. The van der Waals surface area contributed by atoms with Crippen molar-refractivity contribution in [1.29, 1.82) is 0 Å². The Hall–Kier alpha value is -2.39. The summed E-state index contributed by atoms with van der Waals surface area (Å²) >= 11 is 3.53. The van der Waals surface area contributed by atoms with Crippen molar-refractivity contribution < 1.29 is 4.79 Å². The van der Waals surface area contributed by atoms with Gasteiger partial charge in [0.1, 0.15) is 0 Å². The Balaban J connectivity index is 1.83. The summed E-state index contributed by atoms with van der Waals surface area (Å²) in [5, 5.41) is 6.01. The van der Waals surface area contributed by atoms with Crippen molar-refractivity contribution in [3.05, 3.63) is 87.5 Å². The van der Waals surface area contributed by atoms with E-state index in [0.717, 1.165) is 34.3 Å². The third kappa shape index (κ3) is 2.42. The highest BCUT2D eigenvalue weighted by molar-refractivity contribution is 9.10. The molecule has 1 aliphatic heterocycles. The fraction of sp³-hybridized carbons (Fsp3) is 0.174. The highest BCUT2D eigenvalue weighted by atomic mass is 79.9. The largest absolute Gasteiger partial charge is 0.358 e. The maximum absolute atomic E-state index is 12.9. The standard InChI is InChI=1S/C23H18BrNO/c24-16-11-8-15(9-12-16)21-22-17-5-2-1-4-14(17)10-13-19(22)25-18-6-3-7-20(26)23(18)21/h1-2,4-5,8-13,21,25H,3,6-7H2/t21-/m1/s1. The predicted octanol–water partition coefficient (Wildman–Crippen LogP) is 6.17. The molecule has 0 saturated heterocycles. The molecule has 3 aromatic rings. The number of carbonyl (C=O) groups excluding carboxylic acids is 1. The topological polar surface area (TPSA) is 29.1 Å². The minimum Gasteiger partial charge on any atom is -0.358 e. The molecule has 1 N–H and O–H groups in total. The molecule has 3 aromatic carbocycles. The molecule has 3 heteroatoms. The van der Waals surface area contributed by atoms with Crippen molar-refractivity contribution in [2.75, 3.05) is 5.32 Å². The summed E-state index contributed by atoms with van der Waals surface area (Å²) in [6, 6.07) is 21.2. The number of ketones is 1. The van der Waals surface area contributed by atoms with Gasteiger partial charge in [0.15, 0.2) is 5.78 Å². The molecule has 1 aliphatic carbocycles.